The molecule has 0 fully saturated rings. The summed E-state index contributed by atoms with van der Waals surface area (Å²) in [5.74, 6) is 0.736. The van der Waals surface area contributed by atoms with Gasteiger partial charge in [-0.25, -0.2) is 4.79 Å². The fourth-order valence-corrected chi connectivity index (χ4v) is 2.31. The van der Waals surface area contributed by atoms with Crippen molar-refractivity contribution < 1.29 is 33.4 Å². The molecule has 0 saturated carbocycles. The van der Waals surface area contributed by atoms with Crippen LogP contribution in [0.4, 0.5) is 4.79 Å². The second-order valence-electron chi connectivity index (χ2n) is 5.10. The van der Waals surface area contributed by atoms with Gasteiger partial charge in [-0.05, 0) is 18.6 Å². The van der Waals surface area contributed by atoms with Gasteiger partial charge in [0.25, 0.3) is 0 Å². The van der Waals surface area contributed by atoms with Crippen molar-refractivity contribution in [2.75, 3.05) is 27.4 Å². The Morgan fingerprint density at radius 2 is 2.00 bits per heavy atom. The zero-order valence-electron chi connectivity index (χ0n) is 13.8. The van der Waals surface area contributed by atoms with Gasteiger partial charge in [-0.15, -0.1) is 0 Å². The van der Waals surface area contributed by atoms with E-state index in [4.69, 9.17) is 24.0 Å². The largest absolute Gasteiger partial charge is 0.382 e. The van der Waals surface area contributed by atoms with Crippen LogP contribution in [0.15, 0.2) is 35.9 Å². The van der Waals surface area contributed by atoms with Crippen molar-refractivity contribution in [1.82, 2.24) is 10.2 Å². The normalized spacial score (nSPS) is 18.5. The molecule has 0 radical (unpaired) electrons. The topological polar surface area (TPSA) is 118 Å². The van der Waals surface area contributed by atoms with Crippen LogP contribution in [-0.2, 0) is 18.8 Å². The van der Waals surface area contributed by atoms with Gasteiger partial charge in [0.15, 0.2) is 6.23 Å². The third kappa shape index (κ3) is 6.56. The van der Waals surface area contributed by atoms with Crippen LogP contribution in [0.5, 0.6) is 0 Å². The molecule has 0 saturated heterocycles. The summed E-state index contributed by atoms with van der Waals surface area (Å²) in [6, 6.07) is -0.442. The number of rotatable bonds is 9. The SMILES string of the molecule is C=C1NC(=O)N([C@@H](COC)O[C@H](/C=C/P(=O)(O)O)COC)C=C1C. The number of hydrogen-bond acceptors (Lipinski definition) is 5. The molecule has 10 heteroatoms. The molecule has 0 aromatic heterocycles. The first-order chi connectivity index (χ1) is 11.2. The average molecular weight is 362 g/mol. The van der Waals surface area contributed by atoms with Crippen LogP contribution in [0.25, 0.3) is 0 Å². The van der Waals surface area contributed by atoms with E-state index < -0.39 is 26.0 Å². The van der Waals surface area contributed by atoms with Gasteiger partial charge >= 0.3 is 13.6 Å². The molecule has 2 amide bonds. The molecule has 1 aliphatic rings. The molecule has 0 aliphatic carbocycles. The number of ether oxygens (including phenoxy) is 3. The molecule has 3 N–H and O–H groups in total. The third-order valence-corrected chi connectivity index (χ3v) is 3.64. The Kier molecular flexibility index (Phi) is 7.82. The first kappa shape index (κ1) is 20.6. The molecular weight excluding hydrogens is 339 g/mol. The second-order valence-corrected chi connectivity index (χ2v) is 6.57. The zero-order chi connectivity index (χ0) is 18.3. The number of urea groups is 1. The van der Waals surface area contributed by atoms with Gasteiger partial charge in [-0.1, -0.05) is 6.58 Å². The van der Waals surface area contributed by atoms with E-state index in [2.05, 4.69) is 11.9 Å². The summed E-state index contributed by atoms with van der Waals surface area (Å²) in [4.78, 5) is 31.3. The molecular formula is C14H23N2O7P. The lowest BCUT2D eigenvalue weighted by Crippen LogP contribution is -2.49. The van der Waals surface area contributed by atoms with E-state index in [9.17, 15) is 9.36 Å². The minimum absolute atomic E-state index is 0.0432. The van der Waals surface area contributed by atoms with Crippen molar-refractivity contribution in [3.05, 3.63) is 35.9 Å². The summed E-state index contributed by atoms with van der Waals surface area (Å²) in [6.07, 6.45) is 1.17. The van der Waals surface area contributed by atoms with Crippen molar-refractivity contribution in [2.24, 2.45) is 0 Å². The van der Waals surface area contributed by atoms with Crippen molar-refractivity contribution in [3.8, 4) is 0 Å². The summed E-state index contributed by atoms with van der Waals surface area (Å²) >= 11 is 0. The number of hydrogen-bond donors (Lipinski definition) is 3. The zero-order valence-corrected chi connectivity index (χ0v) is 14.7. The molecule has 0 unspecified atom stereocenters. The van der Waals surface area contributed by atoms with E-state index >= 15 is 0 Å². The predicted octanol–water partition coefficient (Wildman–Crippen LogP) is 1.12. The summed E-state index contributed by atoms with van der Waals surface area (Å²) in [5, 5.41) is 2.59. The molecule has 24 heavy (non-hydrogen) atoms. The van der Waals surface area contributed by atoms with E-state index in [0.717, 1.165) is 11.4 Å². The number of nitrogens with zero attached hydrogens (tertiary/aromatic N) is 1. The van der Waals surface area contributed by atoms with Crippen LogP contribution in [0.3, 0.4) is 0 Å². The maximum absolute atomic E-state index is 12.1. The second kappa shape index (κ2) is 9.12. The van der Waals surface area contributed by atoms with Crippen LogP contribution in [0, 0.1) is 0 Å². The monoisotopic (exact) mass is 362 g/mol. The molecule has 2 atom stereocenters. The summed E-state index contributed by atoms with van der Waals surface area (Å²) < 4.78 is 26.8. The number of amides is 2. The summed E-state index contributed by atoms with van der Waals surface area (Å²) in [6.45, 7) is 5.58. The Balaban J connectivity index is 2.97. The van der Waals surface area contributed by atoms with Crippen LogP contribution in [0.2, 0.25) is 0 Å². The van der Waals surface area contributed by atoms with Crippen molar-refractivity contribution in [3.63, 3.8) is 0 Å². The maximum atomic E-state index is 12.1. The summed E-state index contributed by atoms with van der Waals surface area (Å²) in [5.41, 5.74) is 1.23. The van der Waals surface area contributed by atoms with E-state index in [-0.39, 0.29) is 13.2 Å². The number of carbonyl (C=O) groups excluding carboxylic acids is 1. The lowest BCUT2D eigenvalue weighted by Gasteiger charge is -2.34. The molecule has 0 aromatic rings. The van der Waals surface area contributed by atoms with Crippen LogP contribution >= 0.6 is 7.60 Å². The Morgan fingerprint density at radius 3 is 2.54 bits per heavy atom. The average Bonchev–Trinajstić information content (AvgIpc) is 2.47. The van der Waals surface area contributed by atoms with Crippen molar-refractivity contribution >= 4 is 13.6 Å². The molecule has 1 heterocycles. The number of allylic oxidation sites excluding steroid dienone is 1. The Hall–Kier alpha value is -1.48. The van der Waals surface area contributed by atoms with Crippen molar-refractivity contribution in [1.29, 1.82) is 0 Å². The molecule has 9 nitrogen and oxygen atoms in total. The first-order valence-corrected chi connectivity index (χ1v) is 8.71. The standard InChI is InChI=1S/C14H23N2O7P/c1-10-7-16(14(17)15-11(10)2)13(9-22-4)23-12(8-21-3)5-6-24(18,19)20/h5-7,12-13H,2,8-9H2,1,3-4H3,(H,15,17)(H2,18,19,20)/b6-5+/t12-,13-/m1/s1. The van der Waals surface area contributed by atoms with E-state index in [1.54, 1.807) is 13.1 Å². The first-order valence-electron chi connectivity index (χ1n) is 7.03. The molecule has 0 bridgehead atoms. The molecule has 1 aliphatic heterocycles. The molecule has 0 spiro atoms. The highest BCUT2D eigenvalue weighted by Gasteiger charge is 2.29. The quantitative estimate of drug-likeness (QED) is 0.526. The van der Waals surface area contributed by atoms with E-state index in [1.807, 2.05) is 0 Å². The van der Waals surface area contributed by atoms with Gasteiger partial charge < -0.3 is 29.3 Å². The van der Waals surface area contributed by atoms with E-state index in [0.29, 0.717) is 5.70 Å². The molecule has 0 aromatic carbocycles. The fourth-order valence-electron chi connectivity index (χ4n) is 1.89. The highest BCUT2D eigenvalue weighted by Crippen LogP contribution is 2.36. The van der Waals surface area contributed by atoms with Gasteiger partial charge in [-0.2, -0.15) is 0 Å². The van der Waals surface area contributed by atoms with Gasteiger partial charge in [0.2, 0.25) is 0 Å². The Morgan fingerprint density at radius 1 is 1.38 bits per heavy atom. The minimum atomic E-state index is -4.33. The maximum Gasteiger partial charge on any atom is 0.348 e. The highest BCUT2D eigenvalue weighted by molar-refractivity contribution is 7.55. The minimum Gasteiger partial charge on any atom is -0.382 e. The van der Waals surface area contributed by atoms with Gasteiger partial charge in [0.1, 0.15) is 6.10 Å². The molecule has 1 rings (SSSR count). The predicted molar refractivity (Wildman–Crippen MR) is 86.9 cm³/mol. The van der Waals surface area contributed by atoms with Crippen molar-refractivity contribution in [2.45, 2.75) is 19.3 Å². The van der Waals surface area contributed by atoms with Crippen LogP contribution in [0.1, 0.15) is 6.92 Å². The number of nitrogens with one attached hydrogen (secondary N) is 1. The van der Waals surface area contributed by atoms with Gasteiger partial charge in [0.05, 0.1) is 13.2 Å². The van der Waals surface area contributed by atoms with Crippen LogP contribution < -0.4 is 5.32 Å². The van der Waals surface area contributed by atoms with Crippen LogP contribution in [-0.4, -0.2) is 60.5 Å². The Labute approximate surface area is 140 Å². The highest BCUT2D eigenvalue weighted by atomic mass is 31.2. The van der Waals surface area contributed by atoms with Gasteiger partial charge in [-0.3, -0.25) is 9.46 Å². The third-order valence-electron chi connectivity index (χ3n) is 3.08. The van der Waals surface area contributed by atoms with Gasteiger partial charge in [0, 0.05) is 31.9 Å². The number of carbonyl (C=O) groups is 1. The number of methoxy groups -OCH3 is 2. The fraction of sp³-hybridized carbons (Fsp3) is 0.500. The lowest BCUT2D eigenvalue weighted by molar-refractivity contribution is -0.0993. The summed E-state index contributed by atoms with van der Waals surface area (Å²) in [7, 11) is -1.45. The Bertz CT molecular complexity index is 569. The molecule has 136 valence electrons. The lowest BCUT2D eigenvalue weighted by atomic mass is 10.2. The smallest absolute Gasteiger partial charge is 0.348 e. The van der Waals surface area contributed by atoms with E-state index in [1.165, 1.54) is 25.2 Å².